The van der Waals surface area contributed by atoms with Crippen molar-refractivity contribution in [3.63, 3.8) is 0 Å². The molecule has 4 heteroatoms. The van der Waals surface area contributed by atoms with Crippen molar-refractivity contribution in [2.75, 3.05) is 13.6 Å². The van der Waals surface area contributed by atoms with E-state index in [0.717, 1.165) is 13.1 Å². The number of nitrogens with zero attached hydrogens (tertiary/aromatic N) is 2. The summed E-state index contributed by atoms with van der Waals surface area (Å²) in [6.45, 7) is 10.3. The molecule has 0 radical (unpaired) electrons. The monoisotopic (exact) mass is 277 g/mol. The van der Waals surface area contributed by atoms with E-state index in [9.17, 15) is 0 Å². The van der Waals surface area contributed by atoms with E-state index < -0.39 is 0 Å². The maximum atomic E-state index is 6.41. The van der Waals surface area contributed by atoms with Gasteiger partial charge in [0, 0.05) is 37.4 Å². The maximum Gasteiger partial charge on any atom is 0.0788 e. The van der Waals surface area contributed by atoms with Gasteiger partial charge in [-0.25, -0.2) is 0 Å². The van der Waals surface area contributed by atoms with Crippen LogP contribution in [0.3, 0.4) is 0 Å². The Balaban J connectivity index is 2.02. The SMILES string of the molecule is CN(Cc1cccnc1)CC1C(N)C(C)(C)OC1(C)C. The molecule has 0 aliphatic carbocycles. The lowest BCUT2D eigenvalue weighted by molar-refractivity contribution is -0.0782. The van der Waals surface area contributed by atoms with Gasteiger partial charge < -0.3 is 15.4 Å². The van der Waals surface area contributed by atoms with Crippen LogP contribution in [0.2, 0.25) is 0 Å². The van der Waals surface area contributed by atoms with E-state index >= 15 is 0 Å². The quantitative estimate of drug-likeness (QED) is 0.915. The highest BCUT2D eigenvalue weighted by Gasteiger charge is 2.52. The van der Waals surface area contributed by atoms with Crippen molar-refractivity contribution in [3.8, 4) is 0 Å². The molecule has 0 amide bonds. The molecule has 1 saturated heterocycles. The summed E-state index contributed by atoms with van der Waals surface area (Å²) in [6.07, 6.45) is 3.71. The zero-order valence-corrected chi connectivity index (χ0v) is 13.3. The van der Waals surface area contributed by atoms with Crippen molar-refractivity contribution in [3.05, 3.63) is 30.1 Å². The van der Waals surface area contributed by atoms with E-state index in [-0.39, 0.29) is 17.2 Å². The van der Waals surface area contributed by atoms with Gasteiger partial charge in [0.25, 0.3) is 0 Å². The standard InChI is InChI=1S/C16H27N3O/c1-15(2)13(14(17)16(3,4)20-15)11-19(5)10-12-7-6-8-18-9-12/h6-9,13-14H,10-11,17H2,1-5H3. The van der Waals surface area contributed by atoms with Crippen molar-refractivity contribution in [1.82, 2.24) is 9.88 Å². The minimum atomic E-state index is -0.261. The summed E-state index contributed by atoms with van der Waals surface area (Å²) in [5.74, 6) is 0.319. The van der Waals surface area contributed by atoms with Gasteiger partial charge in [0.05, 0.1) is 11.2 Å². The van der Waals surface area contributed by atoms with E-state index in [2.05, 4.69) is 50.7 Å². The molecule has 2 heterocycles. The Labute approximate surface area is 122 Å². The third-order valence-electron chi connectivity index (χ3n) is 4.34. The third kappa shape index (κ3) is 3.19. The summed E-state index contributed by atoms with van der Waals surface area (Å²) in [6, 6.07) is 4.12. The second-order valence-corrected chi connectivity index (χ2v) is 7.00. The number of hydrogen-bond donors (Lipinski definition) is 1. The minimum Gasteiger partial charge on any atom is -0.368 e. The van der Waals surface area contributed by atoms with Gasteiger partial charge >= 0.3 is 0 Å². The molecule has 0 aromatic carbocycles. The average Bonchev–Trinajstić information content (AvgIpc) is 2.49. The Morgan fingerprint density at radius 3 is 2.50 bits per heavy atom. The second kappa shape index (κ2) is 5.43. The molecular formula is C16H27N3O. The fourth-order valence-corrected chi connectivity index (χ4v) is 3.28. The van der Waals surface area contributed by atoms with Crippen LogP contribution in [0, 0.1) is 5.92 Å². The minimum absolute atomic E-state index is 0.0499. The third-order valence-corrected chi connectivity index (χ3v) is 4.34. The number of pyridine rings is 1. The van der Waals surface area contributed by atoms with Crippen LogP contribution >= 0.6 is 0 Å². The van der Waals surface area contributed by atoms with Crippen LogP contribution in [-0.4, -0.2) is 40.7 Å². The number of hydrogen-bond acceptors (Lipinski definition) is 4. The first-order valence-electron chi connectivity index (χ1n) is 7.25. The molecule has 1 fully saturated rings. The van der Waals surface area contributed by atoms with Crippen molar-refractivity contribution in [1.29, 1.82) is 0 Å². The van der Waals surface area contributed by atoms with E-state index in [1.807, 2.05) is 12.3 Å². The summed E-state index contributed by atoms with van der Waals surface area (Å²) in [5, 5.41) is 0. The zero-order valence-electron chi connectivity index (χ0n) is 13.3. The molecule has 1 aliphatic heterocycles. The highest BCUT2D eigenvalue weighted by atomic mass is 16.5. The van der Waals surface area contributed by atoms with Gasteiger partial charge in [-0.15, -0.1) is 0 Å². The molecule has 2 atom stereocenters. The Morgan fingerprint density at radius 1 is 1.30 bits per heavy atom. The van der Waals surface area contributed by atoms with E-state index in [0.29, 0.717) is 5.92 Å². The van der Waals surface area contributed by atoms with Crippen LogP contribution in [0.1, 0.15) is 33.3 Å². The van der Waals surface area contributed by atoms with Crippen LogP contribution in [0.4, 0.5) is 0 Å². The molecule has 1 aliphatic rings. The van der Waals surface area contributed by atoms with E-state index in [4.69, 9.17) is 10.5 Å². The topological polar surface area (TPSA) is 51.4 Å². The second-order valence-electron chi connectivity index (χ2n) is 7.00. The van der Waals surface area contributed by atoms with Crippen LogP contribution in [0.15, 0.2) is 24.5 Å². The molecule has 112 valence electrons. The molecule has 2 unspecified atom stereocenters. The first-order valence-corrected chi connectivity index (χ1v) is 7.25. The van der Waals surface area contributed by atoms with Gasteiger partial charge in [-0.2, -0.15) is 0 Å². The lowest BCUT2D eigenvalue weighted by Crippen LogP contribution is -2.47. The van der Waals surface area contributed by atoms with Crippen LogP contribution in [0.5, 0.6) is 0 Å². The van der Waals surface area contributed by atoms with Gasteiger partial charge in [-0.1, -0.05) is 6.07 Å². The summed E-state index contributed by atoms with van der Waals surface area (Å²) in [5.41, 5.74) is 7.18. The molecular weight excluding hydrogens is 250 g/mol. The average molecular weight is 277 g/mol. The van der Waals surface area contributed by atoms with Crippen molar-refractivity contribution < 1.29 is 4.74 Å². The number of nitrogens with two attached hydrogens (primary N) is 1. The molecule has 20 heavy (non-hydrogen) atoms. The summed E-state index contributed by atoms with van der Waals surface area (Å²) >= 11 is 0. The van der Waals surface area contributed by atoms with Gasteiger partial charge in [0.1, 0.15) is 0 Å². The van der Waals surface area contributed by atoms with Crippen LogP contribution in [0.25, 0.3) is 0 Å². The summed E-state index contributed by atoms with van der Waals surface area (Å²) in [4.78, 5) is 6.46. The van der Waals surface area contributed by atoms with E-state index in [1.54, 1.807) is 6.20 Å². The Kier molecular flexibility index (Phi) is 4.19. The fraction of sp³-hybridized carbons (Fsp3) is 0.688. The van der Waals surface area contributed by atoms with Crippen molar-refractivity contribution >= 4 is 0 Å². The Bertz CT molecular complexity index is 444. The molecule has 0 saturated carbocycles. The summed E-state index contributed by atoms with van der Waals surface area (Å²) < 4.78 is 6.15. The number of rotatable bonds is 4. The molecule has 1 aromatic heterocycles. The Hall–Kier alpha value is -0.970. The molecule has 0 spiro atoms. The number of ether oxygens (including phenoxy) is 1. The largest absolute Gasteiger partial charge is 0.368 e. The van der Waals surface area contributed by atoms with E-state index in [1.165, 1.54) is 5.56 Å². The highest BCUT2D eigenvalue weighted by molar-refractivity contribution is 5.09. The molecule has 0 bridgehead atoms. The number of aromatic nitrogens is 1. The smallest absolute Gasteiger partial charge is 0.0788 e. The lowest BCUT2D eigenvalue weighted by Gasteiger charge is -2.31. The maximum absolute atomic E-state index is 6.41. The van der Waals surface area contributed by atoms with Crippen LogP contribution < -0.4 is 5.73 Å². The molecule has 2 N–H and O–H groups in total. The predicted molar refractivity (Wildman–Crippen MR) is 81.3 cm³/mol. The van der Waals surface area contributed by atoms with Gasteiger partial charge in [-0.3, -0.25) is 4.98 Å². The lowest BCUT2D eigenvalue weighted by atomic mass is 9.83. The zero-order chi connectivity index (χ0) is 15.0. The predicted octanol–water partition coefficient (Wildman–Crippen LogP) is 2.04. The highest BCUT2D eigenvalue weighted by Crippen LogP contribution is 2.41. The molecule has 4 nitrogen and oxygen atoms in total. The van der Waals surface area contributed by atoms with Crippen LogP contribution in [-0.2, 0) is 11.3 Å². The first-order chi connectivity index (χ1) is 9.22. The van der Waals surface area contributed by atoms with Gasteiger partial charge in [-0.05, 0) is 46.4 Å². The van der Waals surface area contributed by atoms with Gasteiger partial charge in [0.15, 0.2) is 0 Å². The van der Waals surface area contributed by atoms with Crippen molar-refractivity contribution in [2.24, 2.45) is 11.7 Å². The molecule has 1 aromatic rings. The normalized spacial score (nSPS) is 27.9. The van der Waals surface area contributed by atoms with Crippen molar-refractivity contribution in [2.45, 2.75) is 51.5 Å². The summed E-state index contributed by atoms with van der Waals surface area (Å²) in [7, 11) is 2.13. The Morgan fingerprint density at radius 2 is 2.00 bits per heavy atom. The molecule has 2 rings (SSSR count). The fourth-order valence-electron chi connectivity index (χ4n) is 3.28. The van der Waals surface area contributed by atoms with Gasteiger partial charge in [0.2, 0.25) is 0 Å². The first kappa shape index (κ1) is 15.4.